The van der Waals surface area contributed by atoms with Crippen molar-refractivity contribution in [2.24, 2.45) is 5.73 Å². The van der Waals surface area contributed by atoms with E-state index in [-0.39, 0.29) is 31.7 Å². The molecule has 5 atom stereocenters. The first kappa shape index (κ1) is 35.0. The van der Waals surface area contributed by atoms with Crippen LogP contribution in [-0.2, 0) is 30.4 Å². The van der Waals surface area contributed by atoms with Crippen LogP contribution in [0.4, 0.5) is 0 Å². The number of unbranched alkanes of at least 4 members (excludes halogenated alkanes) is 14. The number of carbonyl (C=O) groups is 1. The lowest BCUT2D eigenvalue weighted by Gasteiger charge is -2.21. The van der Waals surface area contributed by atoms with Gasteiger partial charge in [0.25, 0.3) is 0 Å². The number of aliphatic hydroxyl groups excluding tert-OH is 1. The Kier molecular flexibility index (Phi) is 20.5. The summed E-state index contributed by atoms with van der Waals surface area (Å²) < 4.78 is 15.8. The highest BCUT2D eigenvalue weighted by molar-refractivity contribution is 8.07. The molecule has 1 fully saturated rings. The monoisotopic (exact) mass is 562 g/mol. The highest BCUT2D eigenvalue weighted by atomic mass is 32.5. The summed E-state index contributed by atoms with van der Waals surface area (Å²) in [6.45, 7) is -1.55. The Morgan fingerprint density at radius 3 is 2.03 bits per heavy atom. The topological polar surface area (TPSA) is 123 Å². The van der Waals surface area contributed by atoms with Crippen LogP contribution in [0.15, 0.2) is 0 Å². The Morgan fingerprint density at radius 2 is 1.54 bits per heavy atom. The molecular weight excluding hydrogens is 510 g/mol. The zero-order chi connectivity index (χ0) is 27.4. The lowest BCUT2D eigenvalue weighted by Crippen LogP contribution is -2.35. The minimum atomic E-state index is -3.55. The summed E-state index contributed by atoms with van der Waals surface area (Å²) in [7, 11) is 5.67. The van der Waals surface area contributed by atoms with Gasteiger partial charge in [-0.25, -0.2) is 0 Å². The number of nitrogens with two attached hydrogens (primary N) is 1. The molecule has 0 spiro atoms. The smallest absolute Gasteiger partial charge is 0.324 e. The Morgan fingerprint density at radius 1 is 1.03 bits per heavy atom. The average molecular weight is 563 g/mol. The van der Waals surface area contributed by atoms with Gasteiger partial charge in [0, 0.05) is 25.0 Å². The molecule has 3 unspecified atom stereocenters. The molecular formula is C26H52BN2O6PS. The summed E-state index contributed by atoms with van der Waals surface area (Å²) in [6.07, 6.45) is 18.7. The van der Waals surface area contributed by atoms with Crippen molar-refractivity contribution in [3.05, 3.63) is 0 Å². The van der Waals surface area contributed by atoms with Gasteiger partial charge in [0.1, 0.15) is 7.85 Å². The predicted molar refractivity (Wildman–Crippen MR) is 154 cm³/mol. The van der Waals surface area contributed by atoms with Crippen LogP contribution >= 0.6 is 6.72 Å². The van der Waals surface area contributed by atoms with Gasteiger partial charge in [-0.15, -0.1) is 0 Å². The molecule has 5 N–H and O–H groups in total. The SMILES string of the molecule is [B][C@H]1CC(N)[C@@H](COP(O)(=S)OCC(O)CNC(=O)CCCCCCCCCCCCCCCCC)O1. The molecule has 8 nitrogen and oxygen atoms in total. The van der Waals surface area contributed by atoms with Gasteiger partial charge in [0.05, 0.1) is 25.4 Å². The van der Waals surface area contributed by atoms with Crippen molar-refractivity contribution in [2.45, 2.75) is 140 Å². The van der Waals surface area contributed by atoms with Gasteiger partial charge in [-0.1, -0.05) is 96.8 Å². The number of amides is 1. The Balaban J connectivity index is 1.91. The average Bonchev–Trinajstić information content (AvgIpc) is 3.19. The molecule has 0 bridgehead atoms. The lowest BCUT2D eigenvalue weighted by molar-refractivity contribution is -0.121. The van der Waals surface area contributed by atoms with Crippen LogP contribution in [0.5, 0.6) is 0 Å². The van der Waals surface area contributed by atoms with Crippen molar-refractivity contribution in [3.63, 3.8) is 0 Å². The van der Waals surface area contributed by atoms with Crippen molar-refractivity contribution in [1.82, 2.24) is 5.32 Å². The molecule has 11 heteroatoms. The Labute approximate surface area is 231 Å². The summed E-state index contributed by atoms with van der Waals surface area (Å²) >= 11 is 4.94. The van der Waals surface area contributed by atoms with E-state index in [1.54, 1.807) is 0 Å². The van der Waals surface area contributed by atoms with Gasteiger partial charge in [-0.05, 0) is 24.6 Å². The van der Waals surface area contributed by atoms with E-state index in [4.69, 9.17) is 39.2 Å². The van der Waals surface area contributed by atoms with E-state index in [0.29, 0.717) is 12.8 Å². The van der Waals surface area contributed by atoms with Crippen molar-refractivity contribution in [1.29, 1.82) is 0 Å². The number of ether oxygens (including phenoxy) is 1. The third-order valence-corrected chi connectivity index (χ3v) is 8.29. The normalized spacial score (nSPS) is 22.1. The Hall–Kier alpha value is -0.0551. The van der Waals surface area contributed by atoms with E-state index in [2.05, 4.69) is 12.2 Å². The second-order valence-corrected chi connectivity index (χ2v) is 13.2. The molecule has 1 aliphatic rings. The van der Waals surface area contributed by atoms with E-state index in [1.165, 1.54) is 77.0 Å². The molecule has 0 aliphatic carbocycles. The van der Waals surface area contributed by atoms with Crippen LogP contribution in [0.1, 0.15) is 116 Å². The summed E-state index contributed by atoms with van der Waals surface area (Å²) in [5, 5.41) is 12.7. The van der Waals surface area contributed by atoms with E-state index in [9.17, 15) is 14.8 Å². The minimum Gasteiger partial charge on any atom is -0.389 e. The van der Waals surface area contributed by atoms with Crippen LogP contribution < -0.4 is 11.1 Å². The molecule has 1 aliphatic heterocycles. The van der Waals surface area contributed by atoms with Crippen molar-refractivity contribution >= 4 is 32.3 Å². The van der Waals surface area contributed by atoms with E-state index in [0.717, 1.165) is 19.3 Å². The van der Waals surface area contributed by atoms with Crippen LogP contribution in [-0.4, -0.2) is 67.8 Å². The first-order valence-corrected chi connectivity index (χ1v) is 17.1. The second-order valence-electron chi connectivity index (χ2n) is 10.3. The van der Waals surface area contributed by atoms with Crippen molar-refractivity contribution < 1.29 is 28.6 Å². The molecule has 1 amide bonds. The number of rotatable bonds is 24. The summed E-state index contributed by atoms with van der Waals surface area (Å²) in [4.78, 5) is 22.1. The molecule has 0 saturated carbocycles. The molecule has 0 aromatic carbocycles. The molecule has 216 valence electrons. The fraction of sp³-hybridized carbons (Fsp3) is 0.962. The van der Waals surface area contributed by atoms with Crippen LogP contribution in [0, 0.1) is 0 Å². The van der Waals surface area contributed by atoms with Gasteiger partial charge in [0.15, 0.2) is 0 Å². The van der Waals surface area contributed by atoms with E-state index >= 15 is 0 Å². The highest BCUT2D eigenvalue weighted by Gasteiger charge is 2.31. The summed E-state index contributed by atoms with van der Waals surface area (Å²) in [6, 6.07) is -0.754. The molecule has 37 heavy (non-hydrogen) atoms. The second kappa shape index (κ2) is 21.7. The van der Waals surface area contributed by atoms with Gasteiger partial charge in [-0.2, -0.15) is 0 Å². The fourth-order valence-corrected chi connectivity index (χ4v) is 5.52. The Bertz CT molecular complexity index is 636. The zero-order valence-corrected chi connectivity index (χ0v) is 24.7. The standard InChI is InChI=1S/C26H52BN2O6PS/c1-2-3-4-5-6-7-8-9-10-11-12-13-14-15-16-17-26(31)29-19-22(30)20-33-36(32,37)34-21-24-23(28)18-25(27)35-24/h22-25,30H,2-21,28H2,1H3,(H,29,31)(H,32,37)/t22?,23?,24-,25-,36?/m1/s1. The molecule has 2 radical (unpaired) electrons. The molecule has 1 saturated heterocycles. The van der Waals surface area contributed by atoms with Gasteiger partial charge < -0.3 is 34.8 Å². The number of nitrogens with one attached hydrogen (secondary N) is 1. The fourth-order valence-electron chi connectivity index (χ4n) is 4.38. The maximum atomic E-state index is 12.0. The van der Waals surface area contributed by atoms with Gasteiger partial charge >= 0.3 is 6.72 Å². The van der Waals surface area contributed by atoms with Crippen molar-refractivity contribution in [3.8, 4) is 0 Å². The first-order chi connectivity index (χ1) is 17.7. The summed E-state index contributed by atoms with van der Waals surface area (Å²) in [5.41, 5.74) is 5.88. The molecule has 1 rings (SSSR count). The highest BCUT2D eigenvalue weighted by Crippen LogP contribution is 2.44. The quantitative estimate of drug-likeness (QED) is 0.0766. The zero-order valence-electron chi connectivity index (χ0n) is 23.0. The molecule has 0 aromatic rings. The first-order valence-electron chi connectivity index (χ1n) is 14.5. The number of carbonyl (C=O) groups excluding carboxylic acids is 1. The van der Waals surface area contributed by atoms with Gasteiger partial charge in [0.2, 0.25) is 5.91 Å². The third-order valence-electron chi connectivity index (χ3n) is 6.71. The largest absolute Gasteiger partial charge is 0.389 e. The van der Waals surface area contributed by atoms with Crippen LogP contribution in [0.3, 0.4) is 0 Å². The van der Waals surface area contributed by atoms with Crippen LogP contribution in [0.25, 0.3) is 0 Å². The predicted octanol–water partition coefficient (Wildman–Crippen LogP) is 4.59. The number of hydrogen-bond acceptors (Lipinski definition) is 7. The van der Waals surface area contributed by atoms with Gasteiger partial charge in [-0.3, -0.25) is 4.79 Å². The van der Waals surface area contributed by atoms with E-state index < -0.39 is 24.9 Å². The third kappa shape index (κ3) is 19.6. The molecule has 1 heterocycles. The van der Waals surface area contributed by atoms with Crippen LogP contribution in [0.2, 0.25) is 0 Å². The summed E-state index contributed by atoms with van der Waals surface area (Å²) in [5.74, 6) is -0.0999. The van der Waals surface area contributed by atoms with Crippen molar-refractivity contribution in [2.75, 3.05) is 19.8 Å². The number of aliphatic hydroxyl groups is 1. The minimum absolute atomic E-state index is 0.0262. The molecule has 0 aromatic heterocycles. The lowest BCUT2D eigenvalue weighted by atomic mass is 9.95. The maximum Gasteiger partial charge on any atom is 0.324 e. The maximum absolute atomic E-state index is 12.0. The number of hydrogen-bond donors (Lipinski definition) is 4. The van der Waals surface area contributed by atoms with E-state index in [1.807, 2.05) is 0 Å².